The molecule has 0 rings (SSSR count). The monoisotopic (exact) mass is 218 g/mol. The second-order valence-corrected chi connectivity index (χ2v) is 4.55. The van der Waals surface area contributed by atoms with Crippen molar-refractivity contribution in [3.05, 3.63) is 0 Å². The highest BCUT2D eigenvalue weighted by molar-refractivity contribution is 5.65. The molecule has 0 aromatic carbocycles. The van der Waals surface area contributed by atoms with Crippen molar-refractivity contribution in [3.8, 4) is 0 Å². The Labute approximate surface area is 91.6 Å². The highest BCUT2D eigenvalue weighted by Gasteiger charge is 2.12. The number of carbonyl (C=O) groups is 1. The van der Waals surface area contributed by atoms with Crippen molar-refractivity contribution < 1.29 is 19.4 Å². The summed E-state index contributed by atoms with van der Waals surface area (Å²) in [5.74, 6) is -0.0750. The van der Waals surface area contributed by atoms with Gasteiger partial charge in [0.25, 0.3) is 0 Å². The summed E-state index contributed by atoms with van der Waals surface area (Å²) in [6.07, 6.45) is 0.604. The van der Waals surface area contributed by atoms with Crippen LogP contribution in [0.25, 0.3) is 0 Å². The molecule has 1 N–H and O–H groups in total. The first-order chi connectivity index (χ1) is 6.81. The molecule has 0 bridgehead atoms. The smallest absolute Gasteiger partial charge is 0.302 e. The minimum absolute atomic E-state index is 0.190. The van der Waals surface area contributed by atoms with E-state index < -0.39 is 5.60 Å². The van der Waals surface area contributed by atoms with Gasteiger partial charge in [0.2, 0.25) is 0 Å². The van der Waals surface area contributed by atoms with E-state index in [1.54, 1.807) is 13.8 Å². The van der Waals surface area contributed by atoms with Gasteiger partial charge in [-0.2, -0.15) is 0 Å². The van der Waals surface area contributed by atoms with Crippen molar-refractivity contribution in [2.45, 2.75) is 39.7 Å². The van der Waals surface area contributed by atoms with Gasteiger partial charge in [0.05, 0.1) is 18.8 Å². The maximum Gasteiger partial charge on any atom is 0.302 e. The molecule has 0 spiro atoms. The number of hydrogen-bond acceptors (Lipinski definition) is 4. The highest BCUT2D eigenvalue weighted by Crippen LogP contribution is 2.07. The van der Waals surface area contributed by atoms with Crippen LogP contribution in [0, 0.1) is 5.92 Å². The molecule has 1 atom stereocenters. The summed E-state index contributed by atoms with van der Waals surface area (Å²) in [7, 11) is 0. The van der Waals surface area contributed by atoms with E-state index >= 15 is 0 Å². The second-order valence-electron chi connectivity index (χ2n) is 4.55. The Morgan fingerprint density at radius 3 is 2.47 bits per heavy atom. The van der Waals surface area contributed by atoms with Gasteiger partial charge in [0.15, 0.2) is 0 Å². The normalized spacial score (nSPS) is 13.7. The molecular weight excluding hydrogens is 196 g/mol. The van der Waals surface area contributed by atoms with Gasteiger partial charge in [0, 0.05) is 19.4 Å². The molecule has 0 radical (unpaired) electrons. The first-order valence-corrected chi connectivity index (χ1v) is 5.25. The van der Waals surface area contributed by atoms with Crippen LogP contribution < -0.4 is 0 Å². The van der Waals surface area contributed by atoms with Crippen LogP contribution in [0.15, 0.2) is 0 Å². The molecule has 0 saturated carbocycles. The van der Waals surface area contributed by atoms with Gasteiger partial charge < -0.3 is 14.6 Å². The quantitative estimate of drug-likeness (QED) is 0.518. The fourth-order valence-electron chi connectivity index (χ4n) is 0.914. The van der Waals surface area contributed by atoms with Gasteiger partial charge in [-0.15, -0.1) is 0 Å². The zero-order valence-electron chi connectivity index (χ0n) is 10.1. The van der Waals surface area contributed by atoms with Crippen LogP contribution in [0.5, 0.6) is 0 Å². The zero-order chi connectivity index (χ0) is 11.9. The molecule has 4 heteroatoms. The van der Waals surface area contributed by atoms with Gasteiger partial charge in [-0.05, 0) is 20.3 Å². The Balaban J connectivity index is 3.39. The third-order valence-corrected chi connectivity index (χ3v) is 1.83. The van der Waals surface area contributed by atoms with E-state index in [4.69, 9.17) is 9.47 Å². The summed E-state index contributed by atoms with van der Waals surface area (Å²) in [6.45, 7) is 8.29. The fourth-order valence-corrected chi connectivity index (χ4v) is 0.914. The summed E-state index contributed by atoms with van der Waals surface area (Å²) in [5.41, 5.74) is -0.681. The van der Waals surface area contributed by atoms with E-state index in [9.17, 15) is 9.90 Å². The summed E-state index contributed by atoms with van der Waals surface area (Å²) in [5, 5.41) is 9.41. The van der Waals surface area contributed by atoms with Crippen LogP contribution >= 0.6 is 0 Å². The zero-order valence-corrected chi connectivity index (χ0v) is 10.1. The Hall–Kier alpha value is -0.610. The lowest BCUT2D eigenvalue weighted by Gasteiger charge is -2.17. The van der Waals surface area contributed by atoms with E-state index in [-0.39, 0.29) is 11.9 Å². The third kappa shape index (κ3) is 11.3. The second kappa shape index (κ2) is 6.80. The number of ether oxygens (including phenoxy) is 2. The van der Waals surface area contributed by atoms with Crippen LogP contribution in [0.1, 0.15) is 34.1 Å². The van der Waals surface area contributed by atoms with E-state index in [1.165, 1.54) is 6.92 Å². The lowest BCUT2D eigenvalue weighted by atomic mass is 10.1. The molecule has 0 heterocycles. The number of carbonyl (C=O) groups excluding carboxylic acids is 1. The van der Waals surface area contributed by atoms with Crippen LogP contribution in [-0.2, 0) is 14.3 Å². The van der Waals surface area contributed by atoms with Gasteiger partial charge >= 0.3 is 5.97 Å². The molecule has 90 valence electrons. The maximum absolute atomic E-state index is 10.5. The van der Waals surface area contributed by atoms with Crippen molar-refractivity contribution >= 4 is 5.97 Å². The molecule has 4 nitrogen and oxygen atoms in total. The largest absolute Gasteiger partial charge is 0.466 e. The standard InChI is InChI=1S/C11H22O4/c1-9(8-15-10(2)12)7-14-6-5-11(3,4)13/h9,13H,5-8H2,1-4H3. The first kappa shape index (κ1) is 14.4. The Morgan fingerprint density at radius 1 is 1.40 bits per heavy atom. The summed E-state index contributed by atoms with van der Waals surface area (Å²) < 4.78 is 10.2. The van der Waals surface area contributed by atoms with Crippen LogP contribution in [0.3, 0.4) is 0 Å². The highest BCUT2D eigenvalue weighted by atomic mass is 16.5. The average Bonchev–Trinajstić information content (AvgIpc) is 2.07. The molecule has 0 aliphatic carbocycles. The lowest BCUT2D eigenvalue weighted by Crippen LogP contribution is -2.22. The molecule has 1 unspecified atom stereocenters. The number of esters is 1. The Kier molecular flexibility index (Phi) is 6.52. The first-order valence-electron chi connectivity index (χ1n) is 5.25. The van der Waals surface area contributed by atoms with Gasteiger partial charge in [-0.3, -0.25) is 4.79 Å². The predicted molar refractivity (Wildman–Crippen MR) is 57.5 cm³/mol. The van der Waals surface area contributed by atoms with E-state index in [0.29, 0.717) is 26.2 Å². The van der Waals surface area contributed by atoms with E-state index in [0.717, 1.165) is 0 Å². The summed E-state index contributed by atoms with van der Waals surface area (Å²) in [4.78, 5) is 10.5. The molecule has 0 aromatic rings. The molecule has 0 amide bonds. The number of rotatable bonds is 7. The Bertz CT molecular complexity index is 184. The van der Waals surface area contributed by atoms with Crippen molar-refractivity contribution in [1.82, 2.24) is 0 Å². The maximum atomic E-state index is 10.5. The van der Waals surface area contributed by atoms with Gasteiger partial charge in [-0.1, -0.05) is 6.92 Å². The molecule has 0 aliphatic heterocycles. The average molecular weight is 218 g/mol. The lowest BCUT2D eigenvalue weighted by molar-refractivity contribution is -0.142. The minimum Gasteiger partial charge on any atom is -0.466 e. The summed E-state index contributed by atoms with van der Waals surface area (Å²) in [6, 6.07) is 0. The van der Waals surface area contributed by atoms with E-state index in [2.05, 4.69) is 0 Å². The van der Waals surface area contributed by atoms with Crippen molar-refractivity contribution in [1.29, 1.82) is 0 Å². The van der Waals surface area contributed by atoms with Crippen molar-refractivity contribution in [2.24, 2.45) is 5.92 Å². The molecule has 15 heavy (non-hydrogen) atoms. The minimum atomic E-state index is -0.681. The Morgan fingerprint density at radius 2 is 2.00 bits per heavy atom. The van der Waals surface area contributed by atoms with Crippen LogP contribution in [0.2, 0.25) is 0 Å². The SMILES string of the molecule is CC(=O)OCC(C)COCCC(C)(C)O. The van der Waals surface area contributed by atoms with Gasteiger partial charge in [-0.25, -0.2) is 0 Å². The fraction of sp³-hybridized carbons (Fsp3) is 0.909. The van der Waals surface area contributed by atoms with Crippen LogP contribution in [0.4, 0.5) is 0 Å². The third-order valence-electron chi connectivity index (χ3n) is 1.83. The van der Waals surface area contributed by atoms with Crippen molar-refractivity contribution in [3.63, 3.8) is 0 Å². The molecule has 0 aliphatic rings. The topological polar surface area (TPSA) is 55.8 Å². The molecule has 0 aromatic heterocycles. The van der Waals surface area contributed by atoms with Crippen molar-refractivity contribution in [2.75, 3.05) is 19.8 Å². The molecular formula is C11H22O4. The van der Waals surface area contributed by atoms with E-state index in [1.807, 2.05) is 6.92 Å². The van der Waals surface area contributed by atoms with Crippen LogP contribution in [-0.4, -0.2) is 36.5 Å². The number of hydrogen-bond donors (Lipinski definition) is 1. The summed E-state index contributed by atoms with van der Waals surface area (Å²) >= 11 is 0. The molecule has 0 saturated heterocycles. The number of aliphatic hydroxyl groups is 1. The van der Waals surface area contributed by atoms with Gasteiger partial charge in [0.1, 0.15) is 0 Å². The molecule has 0 fully saturated rings. The predicted octanol–water partition coefficient (Wildman–Crippen LogP) is 1.36.